The molecule has 0 aliphatic heterocycles. The lowest BCUT2D eigenvalue weighted by molar-refractivity contribution is 0.637. The summed E-state index contributed by atoms with van der Waals surface area (Å²) in [5, 5.41) is 4.87. The van der Waals surface area contributed by atoms with Crippen molar-refractivity contribution in [3.05, 3.63) is 55.2 Å². The Morgan fingerprint density at radius 1 is 1.11 bits per heavy atom. The van der Waals surface area contributed by atoms with E-state index in [1.54, 1.807) is 6.07 Å². The van der Waals surface area contributed by atoms with Crippen molar-refractivity contribution < 1.29 is 0 Å². The summed E-state index contributed by atoms with van der Waals surface area (Å²) in [6.45, 7) is 7.28. The Morgan fingerprint density at radius 3 is 2.21 bits per heavy atom. The molecule has 1 aromatic heterocycles. The molecule has 1 N–H and O–H groups in total. The maximum atomic E-state index is 6.12. The van der Waals surface area contributed by atoms with E-state index in [-0.39, 0.29) is 6.04 Å². The molecule has 0 saturated heterocycles. The predicted molar refractivity (Wildman–Crippen MR) is 85.8 cm³/mol. The minimum atomic E-state index is 0.153. The van der Waals surface area contributed by atoms with E-state index in [1.165, 1.54) is 15.3 Å². The van der Waals surface area contributed by atoms with E-state index in [2.05, 4.69) is 32.2 Å². The topological polar surface area (TPSA) is 12.0 Å². The van der Waals surface area contributed by atoms with Crippen LogP contribution in [0.25, 0.3) is 0 Å². The molecule has 0 radical (unpaired) electrons. The summed E-state index contributed by atoms with van der Waals surface area (Å²) in [5.41, 5.74) is 2.42. The van der Waals surface area contributed by atoms with Crippen LogP contribution >= 0.6 is 34.5 Å². The van der Waals surface area contributed by atoms with E-state index < -0.39 is 0 Å². The second-order valence-corrected chi connectivity index (χ2v) is 6.76. The van der Waals surface area contributed by atoms with Gasteiger partial charge in [-0.1, -0.05) is 30.1 Å². The molecule has 0 spiro atoms. The fourth-order valence-corrected chi connectivity index (χ4v) is 3.94. The summed E-state index contributed by atoms with van der Waals surface area (Å²) in [4.78, 5) is 2.65. The van der Waals surface area contributed by atoms with Crippen LogP contribution in [0.3, 0.4) is 0 Å². The van der Waals surface area contributed by atoms with Crippen LogP contribution in [0, 0.1) is 13.8 Å². The molecule has 2 aromatic rings. The third-order valence-corrected chi connectivity index (χ3v) is 4.62. The van der Waals surface area contributed by atoms with Crippen LogP contribution in [0.4, 0.5) is 0 Å². The number of thiophene rings is 1. The van der Waals surface area contributed by atoms with Crippen molar-refractivity contribution in [2.45, 2.75) is 26.8 Å². The average Bonchev–Trinajstić information content (AvgIpc) is 2.64. The third kappa shape index (κ3) is 3.51. The van der Waals surface area contributed by atoms with E-state index >= 15 is 0 Å². The monoisotopic (exact) mass is 313 g/mol. The average molecular weight is 314 g/mol. The Balaban J connectivity index is 2.47. The quantitative estimate of drug-likeness (QED) is 0.800. The number of halogens is 2. The first-order valence-electron chi connectivity index (χ1n) is 6.27. The van der Waals surface area contributed by atoms with Gasteiger partial charge in [-0.2, -0.15) is 0 Å². The molecule has 0 amide bonds. The van der Waals surface area contributed by atoms with Crippen LogP contribution < -0.4 is 5.32 Å². The smallest absolute Gasteiger partial charge is 0.0674 e. The van der Waals surface area contributed by atoms with Crippen LogP contribution in [-0.2, 0) is 0 Å². The second-order valence-electron chi connectivity index (χ2n) is 4.60. The zero-order chi connectivity index (χ0) is 14.0. The zero-order valence-corrected chi connectivity index (χ0v) is 13.6. The van der Waals surface area contributed by atoms with Crippen LogP contribution in [0.5, 0.6) is 0 Å². The third-order valence-electron chi connectivity index (χ3n) is 2.97. The molecular weight excluding hydrogens is 297 g/mol. The van der Waals surface area contributed by atoms with Crippen LogP contribution in [0.15, 0.2) is 24.3 Å². The highest BCUT2D eigenvalue weighted by molar-refractivity contribution is 7.12. The maximum Gasteiger partial charge on any atom is 0.0674 e. The van der Waals surface area contributed by atoms with E-state index in [0.29, 0.717) is 10.0 Å². The van der Waals surface area contributed by atoms with Gasteiger partial charge in [0.05, 0.1) is 6.04 Å². The number of nitrogens with one attached hydrogen (secondary N) is 1. The van der Waals surface area contributed by atoms with E-state index in [1.807, 2.05) is 23.5 Å². The summed E-state index contributed by atoms with van der Waals surface area (Å²) >= 11 is 14.1. The molecule has 2 rings (SSSR count). The molecule has 0 aliphatic rings. The molecule has 4 heteroatoms. The largest absolute Gasteiger partial charge is 0.306 e. The lowest BCUT2D eigenvalue weighted by atomic mass is 10.0. The molecule has 1 aromatic carbocycles. The SMILES string of the molecule is CCNC(c1cc(Cl)cc(Cl)c1)c1sc(C)cc1C. The summed E-state index contributed by atoms with van der Waals surface area (Å²) in [6.07, 6.45) is 0. The first-order chi connectivity index (χ1) is 9.01. The molecule has 102 valence electrons. The number of aryl methyl sites for hydroxylation is 2. The van der Waals surface area contributed by atoms with Crippen molar-refractivity contribution in [1.29, 1.82) is 0 Å². The van der Waals surface area contributed by atoms with Crippen molar-refractivity contribution in [3.63, 3.8) is 0 Å². The minimum Gasteiger partial charge on any atom is -0.306 e. The van der Waals surface area contributed by atoms with E-state index in [9.17, 15) is 0 Å². The van der Waals surface area contributed by atoms with Crippen molar-refractivity contribution >= 4 is 34.5 Å². The molecule has 0 aliphatic carbocycles. The van der Waals surface area contributed by atoms with E-state index in [4.69, 9.17) is 23.2 Å². The van der Waals surface area contributed by atoms with Crippen LogP contribution in [0.2, 0.25) is 10.0 Å². The fraction of sp³-hybridized carbons (Fsp3) is 0.333. The molecular formula is C15H17Cl2NS. The Kier molecular flexibility index (Phi) is 4.91. The van der Waals surface area contributed by atoms with Gasteiger partial charge in [-0.25, -0.2) is 0 Å². The molecule has 19 heavy (non-hydrogen) atoms. The zero-order valence-electron chi connectivity index (χ0n) is 11.3. The summed E-state index contributed by atoms with van der Waals surface area (Å²) in [6, 6.07) is 8.10. The highest BCUT2D eigenvalue weighted by atomic mass is 35.5. The normalized spacial score (nSPS) is 12.7. The van der Waals surface area contributed by atoms with Gasteiger partial charge in [-0.05, 0) is 55.8 Å². The summed E-state index contributed by atoms with van der Waals surface area (Å²) in [5.74, 6) is 0. The summed E-state index contributed by atoms with van der Waals surface area (Å²) < 4.78 is 0. The lowest BCUT2D eigenvalue weighted by Crippen LogP contribution is -2.21. The highest BCUT2D eigenvalue weighted by Crippen LogP contribution is 2.34. The lowest BCUT2D eigenvalue weighted by Gasteiger charge is -2.19. The molecule has 0 fully saturated rings. The molecule has 0 saturated carbocycles. The Labute approximate surface area is 128 Å². The van der Waals surface area contributed by atoms with Crippen molar-refractivity contribution in [2.24, 2.45) is 0 Å². The van der Waals surface area contributed by atoms with Gasteiger partial charge < -0.3 is 5.32 Å². The molecule has 0 bridgehead atoms. The molecule has 1 atom stereocenters. The molecule has 1 heterocycles. The Bertz CT molecular complexity index is 557. The van der Waals surface area contributed by atoms with Gasteiger partial charge in [-0.3, -0.25) is 0 Å². The predicted octanol–water partition coefficient (Wildman–Crippen LogP) is 5.37. The molecule has 1 unspecified atom stereocenters. The number of hydrogen-bond acceptors (Lipinski definition) is 2. The van der Waals surface area contributed by atoms with Gasteiger partial charge in [0, 0.05) is 19.8 Å². The van der Waals surface area contributed by atoms with Crippen LogP contribution in [-0.4, -0.2) is 6.54 Å². The second kappa shape index (κ2) is 6.27. The van der Waals surface area contributed by atoms with Gasteiger partial charge in [0.2, 0.25) is 0 Å². The Morgan fingerprint density at radius 2 is 1.74 bits per heavy atom. The maximum absolute atomic E-state index is 6.12. The van der Waals surface area contributed by atoms with Gasteiger partial charge in [0.15, 0.2) is 0 Å². The number of rotatable bonds is 4. The highest BCUT2D eigenvalue weighted by Gasteiger charge is 2.18. The fourth-order valence-electron chi connectivity index (χ4n) is 2.25. The van der Waals surface area contributed by atoms with Crippen molar-refractivity contribution in [2.75, 3.05) is 6.54 Å². The van der Waals surface area contributed by atoms with Crippen molar-refractivity contribution in [1.82, 2.24) is 5.32 Å². The standard InChI is InChI=1S/C15H17Cl2NS/c1-4-18-14(15-9(2)5-10(3)19-15)11-6-12(16)8-13(17)7-11/h5-8,14,18H,4H2,1-3H3. The first-order valence-corrected chi connectivity index (χ1v) is 7.84. The number of benzene rings is 1. The van der Waals surface area contributed by atoms with Gasteiger partial charge in [0.1, 0.15) is 0 Å². The minimum absolute atomic E-state index is 0.153. The van der Waals surface area contributed by atoms with Gasteiger partial charge in [0.25, 0.3) is 0 Å². The van der Waals surface area contributed by atoms with Gasteiger partial charge in [-0.15, -0.1) is 11.3 Å². The van der Waals surface area contributed by atoms with Gasteiger partial charge >= 0.3 is 0 Å². The van der Waals surface area contributed by atoms with Crippen molar-refractivity contribution in [3.8, 4) is 0 Å². The van der Waals surface area contributed by atoms with E-state index in [0.717, 1.165) is 12.1 Å². The summed E-state index contributed by atoms with van der Waals surface area (Å²) in [7, 11) is 0. The van der Waals surface area contributed by atoms with Crippen LogP contribution in [0.1, 0.15) is 33.8 Å². The Hall–Kier alpha value is -0.540. The molecule has 1 nitrogen and oxygen atoms in total. The first kappa shape index (κ1) is 14.9. The number of hydrogen-bond donors (Lipinski definition) is 1.